The van der Waals surface area contributed by atoms with Crippen LogP contribution in [-0.4, -0.2) is 133 Å². The van der Waals surface area contributed by atoms with Gasteiger partial charge in [0.2, 0.25) is 10.0 Å². The van der Waals surface area contributed by atoms with Crippen LogP contribution in [0.15, 0.2) is 41.3 Å². The van der Waals surface area contributed by atoms with E-state index in [0.29, 0.717) is 49.4 Å². The number of nitrogens with zero attached hydrogens (tertiary/aromatic N) is 5. The molecular formula is C35H47F2N7O8S. The molecule has 0 spiro atoms. The van der Waals surface area contributed by atoms with Crippen LogP contribution in [0.1, 0.15) is 34.5 Å². The van der Waals surface area contributed by atoms with Gasteiger partial charge in [0, 0.05) is 89.0 Å². The van der Waals surface area contributed by atoms with E-state index in [1.54, 1.807) is 6.07 Å². The predicted molar refractivity (Wildman–Crippen MR) is 193 cm³/mol. The first-order valence-electron chi connectivity index (χ1n) is 17.3. The summed E-state index contributed by atoms with van der Waals surface area (Å²) in [5, 5.41) is 10.7. The lowest BCUT2D eigenvalue weighted by Crippen LogP contribution is -2.37. The molecule has 0 saturated carbocycles. The quantitative estimate of drug-likeness (QED) is 0.206. The van der Waals surface area contributed by atoms with Crippen molar-refractivity contribution in [1.29, 1.82) is 0 Å². The number of fused-ring (bicyclic) bond motifs is 1. The number of nitrogens with one attached hydrogen (secondary N) is 2. The minimum atomic E-state index is -4.40. The minimum Gasteiger partial charge on any atom is -0.445 e. The third-order valence-electron chi connectivity index (χ3n) is 8.94. The highest BCUT2D eigenvalue weighted by Gasteiger charge is 2.35. The van der Waals surface area contributed by atoms with E-state index in [0.717, 1.165) is 52.7 Å². The molecule has 1 aromatic heterocycles. The Balaban J connectivity index is 1.45. The fourth-order valence-electron chi connectivity index (χ4n) is 5.97. The van der Waals surface area contributed by atoms with Crippen LogP contribution in [0, 0.1) is 11.6 Å². The van der Waals surface area contributed by atoms with Crippen molar-refractivity contribution in [2.24, 2.45) is 0 Å². The lowest BCUT2D eigenvalue weighted by molar-refractivity contribution is 0.0417. The number of anilines is 3. The molecule has 0 radical (unpaired) electrons. The number of carbonyl (C=O) groups is 2. The van der Waals surface area contributed by atoms with Gasteiger partial charge in [-0.2, -0.15) is 8.99 Å². The molecule has 290 valence electrons. The van der Waals surface area contributed by atoms with Crippen molar-refractivity contribution in [1.82, 2.24) is 19.0 Å². The van der Waals surface area contributed by atoms with Crippen molar-refractivity contribution in [2.75, 3.05) is 103 Å². The molecule has 3 heterocycles. The molecule has 18 heteroatoms. The Morgan fingerprint density at radius 2 is 1.72 bits per heavy atom. The van der Waals surface area contributed by atoms with Crippen molar-refractivity contribution in [3.63, 3.8) is 0 Å². The molecule has 0 unspecified atom stereocenters. The van der Waals surface area contributed by atoms with Gasteiger partial charge >= 0.3 is 6.09 Å². The lowest BCUT2D eigenvalue weighted by Gasteiger charge is -2.28. The summed E-state index contributed by atoms with van der Waals surface area (Å²) >= 11 is 0. The molecule has 0 bridgehead atoms. The fourth-order valence-corrected chi connectivity index (χ4v) is 7.43. The third-order valence-corrected chi connectivity index (χ3v) is 10.8. The van der Waals surface area contributed by atoms with Gasteiger partial charge in [0.25, 0.3) is 5.91 Å². The van der Waals surface area contributed by atoms with Gasteiger partial charge < -0.3 is 39.4 Å². The number of sulfonamides is 1. The van der Waals surface area contributed by atoms with Gasteiger partial charge in [-0.1, -0.05) is 0 Å². The maximum atomic E-state index is 14.1. The summed E-state index contributed by atoms with van der Waals surface area (Å²) in [6.07, 6.45) is 0.629. The van der Waals surface area contributed by atoms with Crippen LogP contribution < -0.4 is 15.5 Å². The van der Waals surface area contributed by atoms with Gasteiger partial charge in [0.15, 0.2) is 5.82 Å². The second kappa shape index (κ2) is 18.2. The summed E-state index contributed by atoms with van der Waals surface area (Å²) in [5.41, 5.74) is 2.33. The van der Waals surface area contributed by atoms with Crippen LogP contribution in [0.3, 0.4) is 0 Å². The van der Waals surface area contributed by atoms with Crippen LogP contribution in [0.4, 0.5) is 30.8 Å². The van der Waals surface area contributed by atoms with Crippen LogP contribution in [0.5, 0.6) is 0 Å². The number of amides is 1. The number of ether oxygens (including phenoxy) is 4. The van der Waals surface area contributed by atoms with Gasteiger partial charge in [-0.3, -0.25) is 4.79 Å². The molecule has 2 aliphatic heterocycles. The van der Waals surface area contributed by atoms with Crippen LogP contribution >= 0.6 is 0 Å². The average Bonchev–Trinajstić information content (AvgIpc) is 3.49. The summed E-state index contributed by atoms with van der Waals surface area (Å²) < 4.78 is 78.6. The molecule has 53 heavy (non-hydrogen) atoms. The monoisotopic (exact) mass is 763 g/mol. The van der Waals surface area contributed by atoms with Crippen LogP contribution in [0.25, 0.3) is 0 Å². The van der Waals surface area contributed by atoms with Gasteiger partial charge in [-0.25, -0.2) is 22.0 Å². The maximum absolute atomic E-state index is 14.1. The number of rotatable bonds is 16. The van der Waals surface area contributed by atoms with E-state index in [-0.39, 0.29) is 50.1 Å². The standard InChI is InChI=1S/C35H47F2N7O8S/c1-41(2)11-12-42(3)27-5-6-29(31(22-27)38-26-8-13-50-14-9-26)34(45)39-33-30-23-43(53(47,48)28-20-24(36)19-25(37)21-28)10-7-32(30)44(40-33)35(46)52-18-17-51-16-15-49-4/h5-6,19-22,26,38H,7-18,23H2,1-4H3,(H,39,40,45). The van der Waals surface area contributed by atoms with Gasteiger partial charge in [-0.05, 0) is 57.3 Å². The van der Waals surface area contributed by atoms with Gasteiger partial charge in [0.1, 0.15) is 18.2 Å². The Labute approximate surface area is 308 Å². The van der Waals surface area contributed by atoms with E-state index in [1.165, 1.54) is 7.11 Å². The molecule has 15 nitrogen and oxygen atoms in total. The van der Waals surface area contributed by atoms with E-state index in [4.69, 9.17) is 18.9 Å². The minimum absolute atomic E-state index is 0.0147. The Kier molecular flexibility index (Phi) is 13.8. The molecule has 0 aliphatic carbocycles. The first kappa shape index (κ1) is 40.0. The Morgan fingerprint density at radius 1 is 1.00 bits per heavy atom. The highest BCUT2D eigenvalue weighted by Crippen LogP contribution is 2.32. The highest BCUT2D eigenvalue weighted by molar-refractivity contribution is 7.89. The maximum Gasteiger partial charge on any atom is 0.435 e. The summed E-state index contributed by atoms with van der Waals surface area (Å²) in [6, 6.07) is 7.57. The number of halogens is 2. The van der Waals surface area contributed by atoms with Crippen molar-refractivity contribution < 1.29 is 45.7 Å². The largest absolute Gasteiger partial charge is 0.445 e. The zero-order valence-corrected chi connectivity index (χ0v) is 31.2. The number of likely N-dealkylation sites (N-methyl/N-ethyl adjacent to an activating group) is 2. The van der Waals surface area contributed by atoms with Crippen molar-refractivity contribution in [2.45, 2.75) is 36.7 Å². The van der Waals surface area contributed by atoms with Crippen molar-refractivity contribution in [3.05, 3.63) is 64.9 Å². The molecule has 1 fully saturated rings. The Morgan fingerprint density at radius 3 is 2.42 bits per heavy atom. The number of hydrogen-bond donors (Lipinski definition) is 2. The Hall–Kier alpha value is -4.20. The zero-order chi connectivity index (χ0) is 38.1. The van der Waals surface area contributed by atoms with Gasteiger partial charge in [0.05, 0.1) is 36.0 Å². The molecule has 1 saturated heterocycles. The molecule has 2 aliphatic rings. The summed E-state index contributed by atoms with van der Waals surface area (Å²) in [5.74, 6) is -2.71. The van der Waals surface area contributed by atoms with Crippen molar-refractivity contribution >= 4 is 39.2 Å². The first-order valence-corrected chi connectivity index (χ1v) is 18.8. The van der Waals surface area contributed by atoms with E-state index >= 15 is 0 Å². The average molecular weight is 764 g/mol. The molecule has 0 atom stereocenters. The Bertz CT molecular complexity index is 1830. The number of benzene rings is 2. The third kappa shape index (κ3) is 10.3. The van der Waals surface area contributed by atoms with E-state index in [2.05, 4.69) is 25.5 Å². The SMILES string of the molecule is COCCOCCOC(=O)n1nc(NC(=O)c2ccc(N(C)CCN(C)C)cc2NC2CCOCC2)c2c1CCN(S(=O)(=O)c1cc(F)cc(F)c1)C2. The van der Waals surface area contributed by atoms with Crippen molar-refractivity contribution in [3.8, 4) is 0 Å². The number of carbonyl (C=O) groups excluding carboxylic acids is 2. The predicted octanol–water partition coefficient (Wildman–Crippen LogP) is 3.40. The second-order valence-corrected chi connectivity index (χ2v) is 15.0. The molecule has 2 N–H and O–H groups in total. The number of aromatic nitrogens is 2. The normalized spacial score (nSPS) is 15.3. The highest BCUT2D eigenvalue weighted by atomic mass is 32.2. The lowest BCUT2D eigenvalue weighted by atomic mass is 10.1. The summed E-state index contributed by atoms with van der Waals surface area (Å²) in [6.45, 7) is 2.93. The molecule has 2 aromatic carbocycles. The topological polar surface area (TPSA) is 157 Å². The zero-order valence-electron chi connectivity index (χ0n) is 30.4. The van der Waals surface area contributed by atoms with E-state index < -0.39 is 38.6 Å². The smallest absolute Gasteiger partial charge is 0.435 e. The molecule has 1 amide bonds. The molecule has 3 aromatic rings. The van der Waals surface area contributed by atoms with Gasteiger partial charge in [-0.15, -0.1) is 5.10 Å². The first-order chi connectivity index (χ1) is 25.4. The van der Waals surface area contributed by atoms with Crippen LogP contribution in [-0.2, 0) is 41.9 Å². The summed E-state index contributed by atoms with van der Waals surface area (Å²) in [4.78, 5) is 31.0. The number of hydrogen-bond acceptors (Lipinski definition) is 12. The van der Waals surface area contributed by atoms with Crippen LogP contribution in [0.2, 0.25) is 0 Å². The summed E-state index contributed by atoms with van der Waals surface area (Å²) in [7, 11) is 3.10. The number of methoxy groups -OCH3 is 1. The second-order valence-electron chi connectivity index (χ2n) is 13.0. The van der Waals surface area contributed by atoms with E-state index in [1.807, 2.05) is 33.3 Å². The fraction of sp³-hybridized carbons (Fsp3) is 0.514. The van der Waals surface area contributed by atoms with E-state index in [9.17, 15) is 26.8 Å². The molecular weight excluding hydrogens is 716 g/mol. The molecule has 5 rings (SSSR count).